The van der Waals surface area contributed by atoms with E-state index in [4.69, 9.17) is 5.73 Å². The Balaban J connectivity index is 1.68. The zero-order chi connectivity index (χ0) is 17.6. The first kappa shape index (κ1) is 16.3. The fourth-order valence-electron chi connectivity index (χ4n) is 2.44. The minimum absolute atomic E-state index is 0.235. The second-order valence-electron chi connectivity index (χ2n) is 5.53. The second-order valence-corrected chi connectivity index (χ2v) is 5.53. The minimum atomic E-state index is -0.235. The van der Waals surface area contributed by atoms with Crippen LogP contribution in [-0.2, 0) is 11.3 Å². The van der Waals surface area contributed by atoms with Crippen LogP contribution in [0, 0.1) is 0 Å². The van der Waals surface area contributed by atoms with E-state index in [-0.39, 0.29) is 5.91 Å². The summed E-state index contributed by atoms with van der Waals surface area (Å²) in [5, 5.41) is 2.78. The summed E-state index contributed by atoms with van der Waals surface area (Å²) in [7, 11) is 0. The predicted octanol–water partition coefficient (Wildman–Crippen LogP) is 3.01. The number of nitrogens with zero attached hydrogens (tertiary/aromatic N) is 1. The molecule has 0 radical (unpaired) electrons. The monoisotopic (exact) mass is 334 g/mol. The third kappa shape index (κ3) is 3.87. The summed E-state index contributed by atoms with van der Waals surface area (Å²) in [5.41, 5.74) is 8.36. The summed E-state index contributed by atoms with van der Waals surface area (Å²) in [5.74, 6) is 0.484. The van der Waals surface area contributed by atoms with Gasteiger partial charge in [-0.2, -0.15) is 0 Å². The molecular formula is C19H18N4O2. The molecule has 1 heterocycles. The summed E-state index contributed by atoms with van der Waals surface area (Å²) in [6.45, 7) is 0.414. The maximum absolute atomic E-state index is 12.3. The van der Waals surface area contributed by atoms with Gasteiger partial charge in [0.15, 0.2) is 0 Å². The van der Waals surface area contributed by atoms with Crippen molar-refractivity contribution < 1.29 is 9.59 Å². The first-order valence-corrected chi connectivity index (χ1v) is 7.77. The van der Waals surface area contributed by atoms with Crippen LogP contribution in [0.25, 0.3) is 0 Å². The number of aromatic nitrogens is 1. The second kappa shape index (κ2) is 7.35. The van der Waals surface area contributed by atoms with E-state index >= 15 is 0 Å². The number of para-hydroxylation sites is 2. The van der Waals surface area contributed by atoms with Crippen molar-refractivity contribution in [3.05, 3.63) is 78.0 Å². The molecule has 3 rings (SSSR count). The molecule has 0 bridgehead atoms. The summed E-state index contributed by atoms with van der Waals surface area (Å²) >= 11 is 0. The molecule has 0 aliphatic heterocycles. The Morgan fingerprint density at radius 1 is 1.08 bits per heavy atom. The van der Waals surface area contributed by atoms with E-state index in [1.54, 1.807) is 35.4 Å². The van der Waals surface area contributed by atoms with Gasteiger partial charge < -0.3 is 16.0 Å². The fourth-order valence-corrected chi connectivity index (χ4v) is 2.44. The van der Waals surface area contributed by atoms with Gasteiger partial charge in [-0.15, -0.1) is 0 Å². The van der Waals surface area contributed by atoms with E-state index < -0.39 is 0 Å². The lowest BCUT2D eigenvalue weighted by atomic mass is 10.1. The summed E-state index contributed by atoms with van der Waals surface area (Å²) in [6.07, 6.45) is 2.53. The molecule has 25 heavy (non-hydrogen) atoms. The molecule has 0 spiro atoms. The number of carbonyl (C=O) groups excluding carboxylic acids is 2. The topological polar surface area (TPSA) is 91.2 Å². The molecule has 4 N–H and O–H groups in total. The predicted molar refractivity (Wildman–Crippen MR) is 98.3 cm³/mol. The van der Waals surface area contributed by atoms with Gasteiger partial charge in [0.2, 0.25) is 6.41 Å². The van der Waals surface area contributed by atoms with Crippen molar-refractivity contribution >= 4 is 29.5 Å². The molecule has 6 heteroatoms. The van der Waals surface area contributed by atoms with Crippen LogP contribution in [0.1, 0.15) is 15.9 Å². The summed E-state index contributed by atoms with van der Waals surface area (Å²) < 4.78 is 0. The molecule has 0 fully saturated rings. The molecule has 2 aromatic carbocycles. The molecule has 2 amide bonds. The highest BCUT2D eigenvalue weighted by molar-refractivity contribution is 6.05. The van der Waals surface area contributed by atoms with Gasteiger partial charge >= 0.3 is 0 Å². The molecule has 6 nitrogen and oxygen atoms in total. The SMILES string of the molecule is Nc1ccccc1NC(=O)c1ccc(CN(C=O)c2ccc[nH]2)cc1. The van der Waals surface area contributed by atoms with E-state index in [0.717, 1.165) is 17.8 Å². The third-order valence-corrected chi connectivity index (χ3v) is 3.80. The Labute approximate surface area is 145 Å². The lowest BCUT2D eigenvalue weighted by Gasteiger charge is -2.15. The van der Waals surface area contributed by atoms with Gasteiger partial charge in [0, 0.05) is 11.8 Å². The van der Waals surface area contributed by atoms with Crippen LogP contribution >= 0.6 is 0 Å². The number of hydrogen-bond acceptors (Lipinski definition) is 3. The minimum Gasteiger partial charge on any atom is -0.397 e. The molecule has 126 valence electrons. The van der Waals surface area contributed by atoms with Crippen LogP contribution < -0.4 is 16.0 Å². The summed E-state index contributed by atoms with van der Waals surface area (Å²) in [4.78, 5) is 28.1. The van der Waals surface area contributed by atoms with Gasteiger partial charge in [0.25, 0.3) is 5.91 Å². The molecule has 0 saturated carbocycles. The Hall–Kier alpha value is -3.54. The highest BCUT2D eigenvalue weighted by Gasteiger charge is 2.10. The first-order valence-electron chi connectivity index (χ1n) is 7.77. The maximum atomic E-state index is 12.3. The number of benzene rings is 2. The smallest absolute Gasteiger partial charge is 0.255 e. The number of anilines is 3. The van der Waals surface area contributed by atoms with E-state index in [1.165, 1.54) is 0 Å². The number of rotatable bonds is 6. The number of nitrogens with one attached hydrogen (secondary N) is 2. The van der Waals surface area contributed by atoms with Gasteiger partial charge in [-0.05, 0) is 42.0 Å². The maximum Gasteiger partial charge on any atom is 0.255 e. The van der Waals surface area contributed by atoms with Crippen LogP contribution in [0.5, 0.6) is 0 Å². The average molecular weight is 334 g/mol. The normalized spacial score (nSPS) is 10.2. The number of amides is 2. The lowest BCUT2D eigenvalue weighted by molar-refractivity contribution is -0.107. The fraction of sp³-hybridized carbons (Fsp3) is 0.0526. The standard InChI is InChI=1S/C19H18N4O2/c20-16-4-1-2-5-17(16)22-19(25)15-9-7-14(8-10-15)12-23(13-24)18-6-3-11-21-18/h1-11,13,21H,12,20H2,(H,22,25). The highest BCUT2D eigenvalue weighted by Crippen LogP contribution is 2.18. The molecular weight excluding hydrogens is 316 g/mol. The van der Waals surface area contributed by atoms with Crippen molar-refractivity contribution in [2.75, 3.05) is 16.0 Å². The average Bonchev–Trinajstić information content (AvgIpc) is 3.16. The van der Waals surface area contributed by atoms with Gasteiger partial charge in [-0.25, -0.2) is 0 Å². The Morgan fingerprint density at radius 2 is 1.84 bits per heavy atom. The Bertz CT molecular complexity index is 857. The van der Waals surface area contributed by atoms with Crippen LogP contribution in [-0.4, -0.2) is 17.3 Å². The zero-order valence-corrected chi connectivity index (χ0v) is 13.5. The van der Waals surface area contributed by atoms with E-state index in [0.29, 0.717) is 23.5 Å². The first-order chi connectivity index (χ1) is 12.2. The van der Waals surface area contributed by atoms with Crippen molar-refractivity contribution in [3.8, 4) is 0 Å². The number of carbonyl (C=O) groups is 2. The van der Waals surface area contributed by atoms with Gasteiger partial charge in [0.05, 0.1) is 17.9 Å². The van der Waals surface area contributed by atoms with Crippen LogP contribution in [0.3, 0.4) is 0 Å². The molecule has 0 aliphatic rings. The highest BCUT2D eigenvalue weighted by atomic mass is 16.1. The van der Waals surface area contributed by atoms with Crippen molar-refractivity contribution in [2.24, 2.45) is 0 Å². The van der Waals surface area contributed by atoms with Crippen molar-refractivity contribution in [3.63, 3.8) is 0 Å². The van der Waals surface area contributed by atoms with Crippen molar-refractivity contribution in [2.45, 2.75) is 6.54 Å². The molecule has 0 aliphatic carbocycles. The van der Waals surface area contributed by atoms with Crippen LogP contribution in [0.4, 0.5) is 17.2 Å². The molecule has 0 unspecified atom stereocenters. The molecule has 3 aromatic rings. The third-order valence-electron chi connectivity index (χ3n) is 3.80. The Morgan fingerprint density at radius 3 is 2.48 bits per heavy atom. The molecule has 0 saturated heterocycles. The number of nitrogens with two attached hydrogens (primary N) is 1. The Kier molecular flexibility index (Phi) is 4.80. The van der Waals surface area contributed by atoms with Gasteiger partial charge in [-0.1, -0.05) is 24.3 Å². The number of H-pyrrole nitrogens is 1. The van der Waals surface area contributed by atoms with E-state index in [1.807, 2.05) is 36.4 Å². The number of hydrogen-bond donors (Lipinski definition) is 3. The van der Waals surface area contributed by atoms with Gasteiger partial charge in [-0.3, -0.25) is 14.5 Å². The van der Waals surface area contributed by atoms with Crippen molar-refractivity contribution in [1.82, 2.24) is 4.98 Å². The van der Waals surface area contributed by atoms with Crippen LogP contribution in [0.15, 0.2) is 66.9 Å². The van der Waals surface area contributed by atoms with Gasteiger partial charge in [0.1, 0.15) is 5.82 Å². The quantitative estimate of drug-likeness (QED) is 0.478. The van der Waals surface area contributed by atoms with E-state index in [2.05, 4.69) is 10.3 Å². The molecule has 1 aromatic heterocycles. The van der Waals surface area contributed by atoms with E-state index in [9.17, 15) is 9.59 Å². The van der Waals surface area contributed by atoms with Crippen molar-refractivity contribution in [1.29, 1.82) is 0 Å². The summed E-state index contributed by atoms with van der Waals surface area (Å²) in [6, 6.07) is 17.8. The van der Waals surface area contributed by atoms with Crippen LogP contribution in [0.2, 0.25) is 0 Å². The largest absolute Gasteiger partial charge is 0.397 e. The number of aromatic amines is 1. The molecule has 0 atom stereocenters. The number of nitrogen functional groups attached to an aromatic ring is 1. The lowest BCUT2D eigenvalue weighted by Crippen LogP contribution is -2.20. The zero-order valence-electron chi connectivity index (χ0n) is 13.5.